The average Bonchev–Trinajstić information content (AvgIpc) is 3.42. The fourth-order valence-electron chi connectivity index (χ4n) is 6.34. The van der Waals surface area contributed by atoms with Crippen molar-refractivity contribution in [3.8, 4) is 27.9 Å². The van der Waals surface area contributed by atoms with Crippen molar-refractivity contribution < 1.29 is 0 Å². The Labute approximate surface area is 257 Å². The number of para-hydroxylation sites is 2. The smallest absolute Gasteiger partial charge is 0.0541 e. The van der Waals surface area contributed by atoms with Crippen molar-refractivity contribution in [2.45, 2.75) is 0 Å². The lowest BCUT2D eigenvalue weighted by Crippen LogP contribution is -2.11. The number of hydrogen-bond acceptors (Lipinski definition) is 1. The molecular weight excluding hydrogens is 532 g/mol. The number of hydrogen-bond donors (Lipinski definition) is 0. The summed E-state index contributed by atoms with van der Waals surface area (Å²) >= 11 is 0. The van der Waals surface area contributed by atoms with Crippen LogP contribution in [0.1, 0.15) is 5.56 Å². The molecule has 208 valence electrons. The van der Waals surface area contributed by atoms with Crippen LogP contribution < -0.4 is 4.90 Å². The normalized spacial score (nSPS) is 14.3. The summed E-state index contributed by atoms with van der Waals surface area (Å²) in [6, 6.07) is 52.1. The molecule has 0 fully saturated rings. The van der Waals surface area contributed by atoms with Crippen molar-refractivity contribution in [2.75, 3.05) is 4.90 Å². The number of nitrogens with zero attached hydrogens (tertiary/aromatic N) is 2. The van der Waals surface area contributed by atoms with Crippen molar-refractivity contribution in [2.24, 2.45) is 0 Å². The van der Waals surface area contributed by atoms with Crippen LogP contribution in [0.25, 0.3) is 55.3 Å². The molecule has 0 bridgehead atoms. The van der Waals surface area contributed by atoms with E-state index in [1.807, 2.05) is 0 Å². The third-order valence-electron chi connectivity index (χ3n) is 8.52. The van der Waals surface area contributed by atoms with Gasteiger partial charge in [-0.2, -0.15) is 0 Å². The van der Waals surface area contributed by atoms with Crippen LogP contribution in [-0.2, 0) is 0 Å². The van der Waals surface area contributed by atoms with Crippen molar-refractivity contribution in [1.82, 2.24) is 4.57 Å². The van der Waals surface area contributed by atoms with E-state index >= 15 is 0 Å². The van der Waals surface area contributed by atoms with Crippen LogP contribution in [0.5, 0.6) is 0 Å². The van der Waals surface area contributed by atoms with E-state index in [2.05, 4.69) is 186 Å². The van der Waals surface area contributed by atoms with Crippen LogP contribution in [0.2, 0.25) is 0 Å². The number of rotatable bonds is 4. The summed E-state index contributed by atoms with van der Waals surface area (Å²) in [5.41, 5.74) is 12.7. The first-order valence-corrected chi connectivity index (χ1v) is 15.0. The van der Waals surface area contributed by atoms with Gasteiger partial charge in [0.1, 0.15) is 0 Å². The zero-order valence-electron chi connectivity index (χ0n) is 24.3. The molecule has 1 aliphatic heterocycles. The Hall–Kier alpha value is -5.86. The van der Waals surface area contributed by atoms with Crippen molar-refractivity contribution in [3.05, 3.63) is 182 Å². The van der Waals surface area contributed by atoms with Gasteiger partial charge in [0.2, 0.25) is 0 Å². The van der Waals surface area contributed by atoms with Crippen LogP contribution in [-0.4, -0.2) is 4.57 Å². The Kier molecular flexibility index (Phi) is 6.31. The third kappa shape index (κ3) is 4.45. The minimum absolute atomic E-state index is 0.989. The van der Waals surface area contributed by atoms with Gasteiger partial charge in [-0.05, 0) is 82.4 Å². The van der Waals surface area contributed by atoms with E-state index < -0.39 is 0 Å². The first-order valence-electron chi connectivity index (χ1n) is 15.0. The Morgan fingerprint density at radius 2 is 1.09 bits per heavy atom. The SMILES string of the molecule is C=C1/C=C\C=C/N(c2ccc(-c3ccccc3)cc2)c2cc(-c3ccc4c(c3)c3ccccc3n4-c3ccccc3)ccc21. The Morgan fingerprint density at radius 1 is 0.455 bits per heavy atom. The summed E-state index contributed by atoms with van der Waals surface area (Å²) < 4.78 is 2.36. The molecule has 2 heteroatoms. The molecule has 0 spiro atoms. The maximum absolute atomic E-state index is 4.40. The molecule has 2 nitrogen and oxygen atoms in total. The van der Waals surface area contributed by atoms with Gasteiger partial charge in [0.05, 0.1) is 16.7 Å². The van der Waals surface area contributed by atoms with E-state index in [1.54, 1.807) is 0 Å². The summed E-state index contributed by atoms with van der Waals surface area (Å²) in [5.74, 6) is 0. The summed E-state index contributed by atoms with van der Waals surface area (Å²) in [5, 5.41) is 2.50. The maximum atomic E-state index is 4.40. The molecule has 0 unspecified atom stereocenters. The largest absolute Gasteiger partial charge is 0.317 e. The Morgan fingerprint density at radius 3 is 1.91 bits per heavy atom. The lowest BCUT2D eigenvalue weighted by Gasteiger charge is -2.26. The lowest BCUT2D eigenvalue weighted by atomic mass is 9.96. The van der Waals surface area contributed by atoms with Crippen LogP contribution in [0, 0.1) is 0 Å². The minimum Gasteiger partial charge on any atom is -0.317 e. The van der Waals surface area contributed by atoms with E-state index in [0.29, 0.717) is 0 Å². The molecule has 0 N–H and O–H groups in total. The second-order valence-electron chi connectivity index (χ2n) is 11.2. The number of fused-ring (bicyclic) bond motifs is 4. The molecule has 1 aliphatic rings. The fourth-order valence-corrected chi connectivity index (χ4v) is 6.34. The van der Waals surface area contributed by atoms with Crippen LogP contribution >= 0.6 is 0 Å². The van der Waals surface area contributed by atoms with Gasteiger partial charge < -0.3 is 9.47 Å². The molecule has 0 atom stereocenters. The fraction of sp³-hybridized carbons (Fsp3) is 0. The van der Waals surface area contributed by atoms with Gasteiger partial charge in [0, 0.05) is 33.9 Å². The molecule has 0 amide bonds. The molecule has 0 saturated carbocycles. The van der Waals surface area contributed by atoms with Crippen molar-refractivity contribution in [3.63, 3.8) is 0 Å². The lowest BCUT2D eigenvalue weighted by molar-refractivity contribution is 1.18. The van der Waals surface area contributed by atoms with E-state index in [1.165, 1.54) is 49.7 Å². The number of anilines is 2. The molecule has 44 heavy (non-hydrogen) atoms. The summed E-state index contributed by atoms with van der Waals surface area (Å²) in [6.45, 7) is 4.40. The number of aromatic nitrogens is 1. The molecular formula is C42H30N2. The molecule has 7 aromatic rings. The van der Waals surface area contributed by atoms with Crippen LogP contribution in [0.4, 0.5) is 11.4 Å². The highest BCUT2D eigenvalue weighted by Crippen LogP contribution is 2.40. The highest BCUT2D eigenvalue weighted by molar-refractivity contribution is 6.10. The standard InChI is InChI=1S/C42H30N2/c1-30-12-10-11-27-43(35-23-19-32(20-24-35)31-13-4-2-5-14-31)42-29-34(21-25-37(30)42)33-22-26-41-39(28-33)38-17-8-9-18-40(38)44(41)36-15-6-3-7-16-36/h2-29H,1H2/b12-10-,27-11-. The topological polar surface area (TPSA) is 8.17 Å². The minimum atomic E-state index is 0.989. The van der Waals surface area contributed by atoms with Crippen LogP contribution in [0.3, 0.4) is 0 Å². The van der Waals surface area contributed by atoms with Gasteiger partial charge in [0.15, 0.2) is 0 Å². The highest BCUT2D eigenvalue weighted by atomic mass is 15.1. The predicted octanol–water partition coefficient (Wildman–Crippen LogP) is 11.4. The zero-order chi connectivity index (χ0) is 29.5. The van der Waals surface area contributed by atoms with Gasteiger partial charge in [-0.3, -0.25) is 0 Å². The summed E-state index contributed by atoms with van der Waals surface area (Å²) in [7, 11) is 0. The van der Waals surface area contributed by atoms with Gasteiger partial charge in [-0.15, -0.1) is 0 Å². The highest BCUT2D eigenvalue weighted by Gasteiger charge is 2.17. The monoisotopic (exact) mass is 562 g/mol. The van der Waals surface area contributed by atoms with Gasteiger partial charge in [-0.25, -0.2) is 0 Å². The van der Waals surface area contributed by atoms with Gasteiger partial charge in [-0.1, -0.05) is 116 Å². The molecule has 0 saturated heterocycles. The first-order chi connectivity index (χ1) is 21.7. The van der Waals surface area contributed by atoms with Gasteiger partial charge >= 0.3 is 0 Å². The van der Waals surface area contributed by atoms with Crippen molar-refractivity contribution in [1.29, 1.82) is 0 Å². The third-order valence-corrected chi connectivity index (χ3v) is 8.52. The van der Waals surface area contributed by atoms with E-state index in [-0.39, 0.29) is 0 Å². The molecule has 0 aliphatic carbocycles. The second kappa shape index (κ2) is 10.8. The van der Waals surface area contributed by atoms with E-state index in [0.717, 1.165) is 22.5 Å². The quantitative estimate of drug-likeness (QED) is 0.207. The Balaban J connectivity index is 1.25. The number of benzene rings is 6. The molecule has 2 heterocycles. The van der Waals surface area contributed by atoms with Crippen LogP contribution in [0.15, 0.2) is 177 Å². The summed E-state index contributed by atoms with van der Waals surface area (Å²) in [4.78, 5) is 2.27. The zero-order valence-corrected chi connectivity index (χ0v) is 24.3. The molecule has 8 rings (SSSR count). The van der Waals surface area contributed by atoms with E-state index in [9.17, 15) is 0 Å². The van der Waals surface area contributed by atoms with Gasteiger partial charge in [0.25, 0.3) is 0 Å². The maximum Gasteiger partial charge on any atom is 0.0541 e. The Bertz CT molecular complexity index is 2220. The first kappa shape index (κ1) is 25.8. The second-order valence-corrected chi connectivity index (χ2v) is 11.2. The summed E-state index contributed by atoms with van der Waals surface area (Å²) in [6.07, 6.45) is 8.35. The predicted molar refractivity (Wildman–Crippen MR) is 188 cm³/mol. The van der Waals surface area contributed by atoms with Crippen molar-refractivity contribution >= 4 is 38.8 Å². The molecule has 6 aromatic carbocycles. The number of allylic oxidation sites excluding steroid dienone is 4. The molecule has 0 radical (unpaired) electrons. The molecule has 1 aromatic heterocycles. The average molecular weight is 563 g/mol. The van der Waals surface area contributed by atoms with E-state index in [4.69, 9.17) is 0 Å².